The van der Waals surface area contributed by atoms with Crippen LogP contribution in [0.15, 0.2) is 0 Å². The Bertz CT molecular complexity index is 261. The Morgan fingerprint density at radius 3 is 2.00 bits per heavy atom. The molecule has 0 amide bonds. The third-order valence-electron chi connectivity index (χ3n) is 5.84. The van der Waals surface area contributed by atoms with Crippen LogP contribution >= 0.6 is 0 Å². The molecule has 2 heteroatoms. The van der Waals surface area contributed by atoms with E-state index in [1.54, 1.807) is 0 Å². The van der Waals surface area contributed by atoms with Crippen LogP contribution in [0, 0.1) is 5.41 Å². The maximum Gasteiger partial charge on any atom is 0.0112 e. The van der Waals surface area contributed by atoms with Gasteiger partial charge in [-0.2, -0.15) is 0 Å². The highest BCUT2D eigenvalue weighted by Gasteiger charge is 2.37. The van der Waals surface area contributed by atoms with Gasteiger partial charge in [-0.3, -0.25) is 4.90 Å². The average Bonchev–Trinajstić information content (AvgIpc) is 2.84. The van der Waals surface area contributed by atoms with E-state index in [1.165, 1.54) is 57.9 Å². The van der Waals surface area contributed by atoms with E-state index in [2.05, 4.69) is 37.9 Å². The first-order valence-corrected chi connectivity index (χ1v) is 9.01. The minimum Gasteiger partial charge on any atom is -0.313 e. The lowest BCUT2D eigenvalue weighted by molar-refractivity contribution is 0.152. The van der Waals surface area contributed by atoms with Gasteiger partial charge in [0.2, 0.25) is 0 Å². The number of nitrogens with one attached hydrogen (secondary N) is 1. The molecule has 2 saturated carbocycles. The molecule has 0 aliphatic heterocycles. The van der Waals surface area contributed by atoms with Crippen LogP contribution in [-0.2, 0) is 0 Å². The Balaban J connectivity index is 1.66. The molecule has 0 aromatic rings. The molecule has 0 saturated heterocycles. The predicted molar refractivity (Wildman–Crippen MR) is 88.1 cm³/mol. The maximum atomic E-state index is 3.83. The first-order valence-electron chi connectivity index (χ1n) is 9.01. The Morgan fingerprint density at radius 2 is 1.50 bits per heavy atom. The Morgan fingerprint density at radius 1 is 0.950 bits per heavy atom. The summed E-state index contributed by atoms with van der Waals surface area (Å²) in [6.07, 6.45) is 11.9. The lowest BCUT2D eigenvalue weighted by Gasteiger charge is -2.38. The van der Waals surface area contributed by atoms with Gasteiger partial charge in [0, 0.05) is 31.2 Å². The molecule has 118 valence electrons. The lowest BCUT2D eigenvalue weighted by Crippen LogP contribution is -2.44. The topological polar surface area (TPSA) is 15.3 Å². The monoisotopic (exact) mass is 280 g/mol. The first kappa shape index (κ1) is 16.3. The largest absolute Gasteiger partial charge is 0.313 e. The van der Waals surface area contributed by atoms with E-state index in [9.17, 15) is 0 Å². The standard InChI is InChI=1S/C18H36N2/c1-15(2)20(16(3)4)14-13-19-17-7-11-18(12-8-17)9-5-6-10-18/h15-17,19H,5-14H2,1-4H3. The molecule has 2 rings (SSSR count). The molecule has 1 N–H and O–H groups in total. The van der Waals surface area contributed by atoms with Crippen LogP contribution < -0.4 is 5.32 Å². The van der Waals surface area contributed by atoms with Gasteiger partial charge in [0.15, 0.2) is 0 Å². The highest BCUT2D eigenvalue weighted by molar-refractivity contribution is 4.91. The second-order valence-electron chi connectivity index (χ2n) is 7.86. The van der Waals surface area contributed by atoms with Crippen molar-refractivity contribution in [2.45, 2.75) is 97.2 Å². The molecule has 2 aliphatic carbocycles. The van der Waals surface area contributed by atoms with Gasteiger partial charge >= 0.3 is 0 Å². The SMILES string of the molecule is CC(C)N(CCNC1CCC2(CCCC2)CC1)C(C)C. The van der Waals surface area contributed by atoms with Crippen molar-refractivity contribution in [2.24, 2.45) is 5.41 Å². The van der Waals surface area contributed by atoms with E-state index in [1.807, 2.05) is 0 Å². The number of nitrogens with zero attached hydrogens (tertiary/aromatic N) is 1. The summed E-state index contributed by atoms with van der Waals surface area (Å²) >= 11 is 0. The van der Waals surface area contributed by atoms with Crippen LogP contribution in [0.2, 0.25) is 0 Å². The fourth-order valence-electron chi connectivity index (χ4n) is 4.57. The zero-order chi connectivity index (χ0) is 14.6. The number of rotatable bonds is 6. The molecule has 2 nitrogen and oxygen atoms in total. The normalized spacial score (nSPS) is 23.6. The van der Waals surface area contributed by atoms with E-state index < -0.39 is 0 Å². The second-order valence-corrected chi connectivity index (χ2v) is 7.86. The van der Waals surface area contributed by atoms with E-state index >= 15 is 0 Å². The maximum absolute atomic E-state index is 3.83. The smallest absolute Gasteiger partial charge is 0.0112 e. The van der Waals surface area contributed by atoms with Crippen LogP contribution in [0.5, 0.6) is 0 Å². The van der Waals surface area contributed by atoms with Gasteiger partial charge in [0.05, 0.1) is 0 Å². The molecule has 0 atom stereocenters. The molecule has 2 aliphatic rings. The van der Waals surface area contributed by atoms with Crippen LogP contribution in [-0.4, -0.2) is 36.1 Å². The molecule has 0 heterocycles. The van der Waals surface area contributed by atoms with Crippen molar-refractivity contribution < 1.29 is 0 Å². The average molecular weight is 280 g/mol. The summed E-state index contributed by atoms with van der Waals surface area (Å²) in [7, 11) is 0. The van der Waals surface area contributed by atoms with Crippen molar-refractivity contribution in [2.75, 3.05) is 13.1 Å². The minimum absolute atomic E-state index is 0.657. The molecule has 0 bridgehead atoms. The zero-order valence-corrected chi connectivity index (χ0v) is 14.3. The molecule has 0 aromatic heterocycles. The molecular weight excluding hydrogens is 244 g/mol. The quantitative estimate of drug-likeness (QED) is 0.784. The summed E-state index contributed by atoms with van der Waals surface area (Å²) in [6.45, 7) is 11.6. The van der Waals surface area contributed by atoms with Crippen molar-refractivity contribution in [3.05, 3.63) is 0 Å². The van der Waals surface area contributed by atoms with E-state index in [0.29, 0.717) is 12.1 Å². The van der Waals surface area contributed by atoms with Crippen molar-refractivity contribution >= 4 is 0 Å². The van der Waals surface area contributed by atoms with E-state index in [0.717, 1.165) is 18.0 Å². The van der Waals surface area contributed by atoms with Crippen LogP contribution in [0.3, 0.4) is 0 Å². The Kier molecular flexibility index (Phi) is 5.92. The summed E-state index contributed by atoms with van der Waals surface area (Å²) in [6, 6.07) is 2.11. The van der Waals surface area contributed by atoms with Gasteiger partial charge < -0.3 is 5.32 Å². The molecule has 2 fully saturated rings. The van der Waals surface area contributed by atoms with E-state index in [-0.39, 0.29) is 0 Å². The van der Waals surface area contributed by atoms with Gasteiger partial charge in [-0.1, -0.05) is 12.8 Å². The predicted octanol–water partition coefficient (Wildman–Crippen LogP) is 4.20. The van der Waals surface area contributed by atoms with E-state index in [4.69, 9.17) is 0 Å². The molecule has 0 radical (unpaired) electrons. The fourth-order valence-corrected chi connectivity index (χ4v) is 4.57. The van der Waals surface area contributed by atoms with Crippen molar-refractivity contribution in [1.82, 2.24) is 10.2 Å². The van der Waals surface area contributed by atoms with Gasteiger partial charge in [-0.25, -0.2) is 0 Å². The number of hydrogen-bond donors (Lipinski definition) is 1. The Labute approximate surface area is 126 Å². The minimum atomic E-state index is 0.657. The van der Waals surface area contributed by atoms with Crippen LogP contribution in [0.1, 0.15) is 79.1 Å². The first-order chi connectivity index (χ1) is 9.52. The summed E-state index contributed by atoms with van der Waals surface area (Å²) in [5, 5.41) is 3.83. The van der Waals surface area contributed by atoms with Crippen LogP contribution in [0.25, 0.3) is 0 Å². The lowest BCUT2D eigenvalue weighted by atomic mass is 9.71. The molecular formula is C18H36N2. The highest BCUT2D eigenvalue weighted by atomic mass is 15.2. The third kappa shape index (κ3) is 4.21. The van der Waals surface area contributed by atoms with Crippen molar-refractivity contribution in [1.29, 1.82) is 0 Å². The van der Waals surface area contributed by atoms with Crippen molar-refractivity contribution in [3.8, 4) is 0 Å². The Hall–Kier alpha value is -0.0800. The van der Waals surface area contributed by atoms with Crippen molar-refractivity contribution in [3.63, 3.8) is 0 Å². The summed E-state index contributed by atoms with van der Waals surface area (Å²) < 4.78 is 0. The molecule has 0 unspecified atom stereocenters. The second kappa shape index (κ2) is 7.26. The number of hydrogen-bond acceptors (Lipinski definition) is 2. The third-order valence-corrected chi connectivity index (χ3v) is 5.84. The van der Waals surface area contributed by atoms with Gasteiger partial charge in [-0.05, 0) is 71.6 Å². The summed E-state index contributed by atoms with van der Waals surface area (Å²) in [4.78, 5) is 2.59. The van der Waals surface area contributed by atoms with Gasteiger partial charge in [0.25, 0.3) is 0 Å². The van der Waals surface area contributed by atoms with Gasteiger partial charge in [0.1, 0.15) is 0 Å². The zero-order valence-electron chi connectivity index (χ0n) is 14.3. The molecule has 0 aromatic carbocycles. The summed E-state index contributed by atoms with van der Waals surface area (Å²) in [5.74, 6) is 0. The molecule has 20 heavy (non-hydrogen) atoms. The van der Waals surface area contributed by atoms with Crippen LogP contribution in [0.4, 0.5) is 0 Å². The highest BCUT2D eigenvalue weighted by Crippen LogP contribution is 2.48. The molecule has 1 spiro atoms. The van der Waals surface area contributed by atoms with Gasteiger partial charge in [-0.15, -0.1) is 0 Å². The fraction of sp³-hybridized carbons (Fsp3) is 1.00. The summed E-state index contributed by atoms with van der Waals surface area (Å²) in [5.41, 5.74) is 0.778.